The van der Waals surface area contributed by atoms with Crippen LogP contribution in [0.3, 0.4) is 0 Å². The number of hydrogen-bond donors (Lipinski definition) is 1. The SMILES string of the molecule is Cc1cc(C)cc(C(=O)NCCn2cc(SCc3cccc(F)c3)c3ccccc32)c1. The van der Waals surface area contributed by atoms with Gasteiger partial charge in [-0.25, -0.2) is 4.39 Å². The van der Waals surface area contributed by atoms with Gasteiger partial charge in [0.15, 0.2) is 0 Å². The molecule has 0 saturated carbocycles. The number of benzene rings is 3. The highest BCUT2D eigenvalue weighted by atomic mass is 32.2. The number of fused-ring (bicyclic) bond motifs is 1. The summed E-state index contributed by atoms with van der Waals surface area (Å²) in [7, 11) is 0. The second kappa shape index (κ2) is 9.40. The Morgan fingerprint density at radius 2 is 1.77 bits per heavy atom. The third-order valence-electron chi connectivity index (χ3n) is 5.16. The van der Waals surface area contributed by atoms with Crippen molar-refractivity contribution < 1.29 is 9.18 Å². The topological polar surface area (TPSA) is 34.0 Å². The lowest BCUT2D eigenvalue weighted by Crippen LogP contribution is -2.27. The molecule has 3 nitrogen and oxygen atoms in total. The maximum absolute atomic E-state index is 13.5. The second-order valence-corrected chi connectivity index (χ2v) is 8.77. The van der Waals surface area contributed by atoms with E-state index in [-0.39, 0.29) is 11.7 Å². The average Bonchev–Trinajstić information content (AvgIpc) is 3.09. The molecule has 0 aliphatic carbocycles. The molecular weight excluding hydrogens is 407 g/mol. The van der Waals surface area contributed by atoms with E-state index in [0.29, 0.717) is 24.4 Å². The Bertz CT molecular complexity index is 1210. The lowest BCUT2D eigenvalue weighted by molar-refractivity contribution is 0.0952. The zero-order chi connectivity index (χ0) is 21.8. The number of hydrogen-bond acceptors (Lipinski definition) is 2. The minimum atomic E-state index is -0.208. The molecule has 1 amide bonds. The van der Waals surface area contributed by atoms with Gasteiger partial charge in [-0.05, 0) is 49.7 Å². The number of nitrogens with zero attached hydrogens (tertiary/aromatic N) is 1. The van der Waals surface area contributed by atoms with Crippen molar-refractivity contribution in [2.75, 3.05) is 6.54 Å². The van der Waals surface area contributed by atoms with Gasteiger partial charge in [0.2, 0.25) is 0 Å². The van der Waals surface area contributed by atoms with Crippen LogP contribution in [0.2, 0.25) is 0 Å². The zero-order valence-corrected chi connectivity index (χ0v) is 18.5. The molecule has 5 heteroatoms. The van der Waals surface area contributed by atoms with Crippen LogP contribution in [0.25, 0.3) is 10.9 Å². The molecule has 3 aromatic carbocycles. The maximum atomic E-state index is 13.5. The number of carbonyl (C=O) groups is 1. The molecule has 1 N–H and O–H groups in total. The summed E-state index contributed by atoms with van der Waals surface area (Å²) in [6.45, 7) is 5.22. The first-order chi connectivity index (χ1) is 15.0. The molecule has 0 fully saturated rings. The molecule has 31 heavy (non-hydrogen) atoms. The molecule has 0 spiro atoms. The highest BCUT2D eigenvalue weighted by molar-refractivity contribution is 7.98. The van der Waals surface area contributed by atoms with Gasteiger partial charge >= 0.3 is 0 Å². The molecular formula is C26H25FN2OS. The van der Waals surface area contributed by atoms with E-state index in [1.54, 1.807) is 23.9 Å². The lowest BCUT2D eigenvalue weighted by atomic mass is 10.1. The third kappa shape index (κ3) is 5.17. The molecule has 0 atom stereocenters. The van der Waals surface area contributed by atoms with Crippen molar-refractivity contribution in [2.24, 2.45) is 0 Å². The van der Waals surface area contributed by atoms with Crippen LogP contribution in [0, 0.1) is 19.7 Å². The Labute approximate surface area is 186 Å². The van der Waals surface area contributed by atoms with E-state index in [4.69, 9.17) is 0 Å². The third-order valence-corrected chi connectivity index (χ3v) is 6.27. The number of para-hydroxylation sites is 1. The highest BCUT2D eigenvalue weighted by Gasteiger charge is 2.11. The monoisotopic (exact) mass is 432 g/mol. The molecule has 0 bridgehead atoms. The quantitative estimate of drug-likeness (QED) is 0.357. The molecule has 1 aromatic heterocycles. The van der Waals surface area contributed by atoms with Gasteiger partial charge in [-0.15, -0.1) is 11.8 Å². The van der Waals surface area contributed by atoms with Crippen molar-refractivity contribution >= 4 is 28.6 Å². The van der Waals surface area contributed by atoms with Gasteiger partial charge in [-0.2, -0.15) is 0 Å². The summed E-state index contributed by atoms with van der Waals surface area (Å²) in [4.78, 5) is 13.7. The minimum Gasteiger partial charge on any atom is -0.350 e. The fraction of sp³-hybridized carbons (Fsp3) is 0.192. The van der Waals surface area contributed by atoms with Gasteiger partial charge in [-0.1, -0.05) is 47.5 Å². The van der Waals surface area contributed by atoms with Gasteiger partial charge in [0, 0.05) is 46.4 Å². The zero-order valence-electron chi connectivity index (χ0n) is 17.7. The fourth-order valence-electron chi connectivity index (χ4n) is 3.80. The number of amides is 1. The van der Waals surface area contributed by atoms with E-state index in [1.807, 2.05) is 44.2 Å². The van der Waals surface area contributed by atoms with Crippen LogP contribution in [0.5, 0.6) is 0 Å². The maximum Gasteiger partial charge on any atom is 0.251 e. The standard InChI is InChI=1S/C26H25FN2OS/c1-18-12-19(2)14-21(13-18)26(30)28-10-11-29-16-25(23-8-3-4-9-24(23)29)31-17-20-6-5-7-22(27)15-20/h3-9,12-16H,10-11,17H2,1-2H3,(H,28,30). The number of thioether (sulfide) groups is 1. The number of rotatable bonds is 7. The Kier molecular flexibility index (Phi) is 6.42. The summed E-state index contributed by atoms with van der Waals surface area (Å²) >= 11 is 1.70. The van der Waals surface area contributed by atoms with Crippen LogP contribution in [0.15, 0.2) is 77.8 Å². The molecule has 0 radical (unpaired) electrons. The summed E-state index contributed by atoms with van der Waals surface area (Å²) in [5.74, 6) is 0.443. The van der Waals surface area contributed by atoms with E-state index in [0.717, 1.165) is 27.1 Å². The van der Waals surface area contributed by atoms with Crippen LogP contribution in [0.4, 0.5) is 4.39 Å². The molecule has 0 unspecified atom stereocenters. The van der Waals surface area contributed by atoms with Crippen LogP contribution >= 0.6 is 11.8 Å². The number of carbonyl (C=O) groups excluding carboxylic acids is 1. The smallest absolute Gasteiger partial charge is 0.251 e. The summed E-state index contributed by atoms with van der Waals surface area (Å²) in [5.41, 5.74) is 4.96. The molecule has 4 rings (SSSR count). The van der Waals surface area contributed by atoms with Crippen LogP contribution in [-0.2, 0) is 12.3 Å². The molecule has 0 aliphatic heterocycles. The van der Waals surface area contributed by atoms with Crippen molar-refractivity contribution in [3.8, 4) is 0 Å². The normalized spacial score (nSPS) is 11.1. The first-order valence-electron chi connectivity index (χ1n) is 10.3. The van der Waals surface area contributed by atoms with E-state index in [9.17, 15) is 9.18 Å². The summed E-state index contributed by atoms with van der Waals surface area (Å²) in [6, 6.07) is 20.9. The second-order valence-electron chi connectivity index (χ2n) is 7.75. The first-order valence-corrected chi connectivity index (χ1v) is 11.3. The highest BCUT2D eigenvalue weighted by Crippen LogP contribution is 2.32. The van der Waals surface area contributed by atoms with E-state index >= 15 is 0 Å². The van der Waals surface area contributed by atoms with E-state index < -0.39 is 0 Å². The lowest BCUT2D eigenvalue weighted by Gasteiger charge is -2.09. The van der Waals surface area contributed by atoms with Gasteiger partial charge in [0.25, 0.3) is 5.91 Å². The Hall–Kier alpha value is -3.05. The van der Waals surface area contributed by atoms with Crippen LogP contribution in [0.1, 0.15) is 27.0 Å². The predicted octanol–water partition coefficient (Wildman–Crippen LogP) is 6.12. The predicted molar refractivity (Wildman–Crippen MR) is 126 cm³/mol. The Morgan fingerprint density at radius 3 is 2.55 bits per heavy atom. The van der Waals surface area contributed by atoms with Crippen molar-refractivity contribution in [3.63, 3.8) is 0 Å². The van der Waals surface area contributed by atoms with E-state index in [2.05, 4.69) is 34.3 Å². The van der Waals surface area contributed by atoms with Crippen molar-refractivity contribution in [3.05, 3.63) is 101 Å². The summed E-state index contributed by atoms with van der Waals surface area (Å²) < 4.78 is 15.6. The van der Waals surface area contributed by atoms with Gasteiger partial charge in [0.05, 0.1) is 0 Å². The van der Waals surface area contributed by atoms with Crippen LogP contribution in [-0.4, -0.2) is 17.0 Å². The summed E-state index contributed by atoms with van der Waals surface area (Å²) in [6.07, 6.45) is 2.12. The number of aryl methyl sites for hydroxylation is 2. The summed E-state index contributed by atoms with van der Waals surface area (Å²) in [5, 5.41) is 4.20. The number of aromatic nitrogens is 1. The van der Waals surface area contributed by atoms with Crippen LogP contribution < -0.4 is 5.32 Å². The largest absolute Gasteiger partial charge is 0.350 e. The fourth-order valence-corrected chi connectivity index (χ4v) is 4.83. The average molecular weight is 433 g/mol. The van der Waals surface area contributed by atoms with Crippen molar-refractivity contribution in [2.45, 2.75) is 31.0 Å². The molecule has 4 aromatic rings. The Balaban J connectivity index is 1.45. The van der Waals surface area contributed by atoms with Gasteiger partial charge in [0.1, 0.15) is 5.82 Å². The minimum absolute atomic E-state index is 0.0519. The molecule has 1 heterocycles. The van der Waals surface area contributed by atoms with Crippen molar-refractivity contribution in [1.82, 2.24) is 9.88 Å². The number of nitrogens with one attached hydrogen (secondary N) is 1. The van der Waals surface area contributed by atoms with Gasteiger partial charge in [-0.3, -0.25) is 4.79 Å². The molecule has 158 valence electrons. The number of halogens is 1. The van der Waals surface area contributed by atoms with E-state index in [1.165, 1.54) is 11.5 Å². The van der Waals surface area contributed by atoms with Crippen molar-refractivity contribution in [1.29, 1.82) is 0 Å². The molecule has 0 saturated heterocycles. The Morgan fingerprint density at radius 1 is 1.00 bits per heavy atom. The first kappa shape index (κ1) is 21.2. The molecule has 0 aliphatic rings. The van der Waals surface area contributed by atoms with Gasteiger partial charge < -0.3 is 9.88 Å².